The summed E-state index contributed by atoms with van der Waals surface area (Å²) in [7, 11) is 1.90. The lowest BCUT2D eigenvalue weighted by Crippen LogP contribution is -2.39. The molecule has 10 heteroatoms. The molecule has 0 aliphatic carbocycles. The van der Waals surface area contributed by atoms with Crippen LogP contribution in [0, 0.1) is 0 Å². The standard InChI is InChI=1S/C21H26N8O2/c1-4-5-16(12(2)30)26-20(31)13-6-8-15(9-7-13)29(3)11-14-10-24-19-17(25-14)18(22)27-21(23)28-19/h6-10,16H,4-5,11H2,1-3H3,(H,26,31)(H4,22,23,24,27,28). The number of hydrogen-bond acceptors (Lipinski definition) is 9. The molecule has 0 aliphatic rings. The van der Waals surface area contributed by atoms with Crippen LogP contribution in [0.25, 0.3) is 11.2 Å². The van der Waals surface area contributed by atoms with Crippen molar-refractivity contribution in [1.29, 1.82) is 0 Å². The fourth-order valence-electron chi connectivity index (χ4n) is 3.17. The summed E-state index contributed by atoms with van der Waals surface area (Å²) in [5.74, 6) is -0.0748. The maximum atomic E-state index is 12.5. The number of nitrogen functional groups attached to an aromatic ring is 2. The van der Waals surface area contributed by atoms with Crippen LogP contribution in [0.2, 0.25) is 0 Å². The van der Waals surface area contributed by atoms with E-state index in [4.69, 9.17) is 11.5 Å². The molecule has 0 radical (unpaired) electrons. The second kappa shape index (κ2) is 9.33. The Bertz CT molecular complexity index is 1100. The SMILES string of the molecule is CCCC(NC(=O)c1ccc(N(C)Cc2cnc3nc(N)nc(N)c3n2)cc1)C(C)=O. The Labute approximate surface area is 180 Å². The van der Waals surface area contributed by atoms with Crippen molar-refractivity contribution in [1.82, 2.24) is 25.3 Å². The Morgan fingerprint density at radius 3 is 2.48 bits per heavy atom. The number of carbonyl (C=O) groups excluding carboxylic acids is 2. The molecular weight excluding hydrogens is 396 g/mol. The summed E-state index contributed by atoms with van der Waals surface area (Å²) in [5.41, 5.74) is 14.3. The molecule has 2 heterocycles. The van der Waals surface area contributed by atoms with Crippen molar-refractivity contribution in [3.63, 3.8) is 0 Å². The van der Waals surface area contributed by atoms with Crippen molar-refractivity contribution >= 4 is 40.3 Å². The van der Waals surface area contributed by atoms with Gasteiger partial charge in [0.25, 0.3) is 5.91 Å². The van der Waals surface area contributed by atoms with E-state index >= 15 is 0 Å². The summed E-state index contributed by atoms with van der Waals surface area (Å²) in [4.78, 5) is 42.8. The third-order valence-electron chi connectivity index (χ3n) is 4.84. The van der Waals surface area contributed by atoms with Crippen LogP contribution in [0.15, 0.2) is 30.5 Å². The van der Waals surface area contributed by atoms with E-state index in [0.717, 1.165) is 12.1 Å². The zero-order valence-electron chi connectivity index (χ0n) is 17.8. The Balaban J connectivity index is 1.70. The number of carbonyl (C=O) groups is 2. The van der Waals surface area contributed by atoms with E-state index in [1.54, 1.807) is 18.3 Å². The number of nitrogens with one attached hydrogen (secondary N) is 1. The molecule has 1 unspecified atom stereocenters. The van der Waals surface area contributed by atoms with Crippen molar-refractivity contribution in [2.75, 3.05) is 23.4 Å². The Morgan fingerprint density at radius 2 is 1.84 bits per heavy atom. The fourth-order valence-corrected chi connectivity index (χ4v) is 3.17. The van der Waals surface area contributed by atoms with Gasteiger partial charge in [0, 0.05) is 18.3 Å². The number of hydrogen-bond donors (Lipinski definition) is 3. The summed E-state index contributed by atoms with van der Waals surface area (Å²) < 4.78 is 0. The van der Waals surface area contributed by atoms with Crippen molar-refractivity contribution in [3.8, 4) is 0 Å². The number of benzene rings is 1. The smallest absolute Gasteiger partial charge is 0.251 e. The highest BCUT2D eigenvalue weighted by Gasteiger charge is 2.17. The third kappa shape index (κ3) is 5.21. The van der Waals surface area contributed by atoms with Gasteiger partial charge in [0.1, 0.15) is 0 Å². The van der Waals surface area contributed by atoms with Gasteiger partial charge < -0.3 is 21.7 Å². The number of nitrogens with two attached hydrogens (primary N) is 2. The number of anilines is 3. The zero-order chi connectivity index (χ0) is 22.5. The zero-order valence-corrected chi connectivity index (χ0v) is 17.8. The predicted molar refractivity (Wildman–Crippen MR) is 119 cm³/mol. The van der Waals surface area contributed by atoms with Gasteiger partial charge in [-0.3, -0.25) is 9.59 Å². The molecular formula is C21H26N8O2. The van der Waals surface area contributed by atoms with E-state index in [1.807, 2.05) is 31.0 Å². The lowest BCUT2D eigenvalue weighted by molar-refractivity contribution is -0.118. The molecule has 0 spiro atoms. The number of fused-ring (bicyclic) bond motifs is 1. The lowest BCUT2D eigenvalue weighted by Gasteiger charge is -2.19. The van der Waals surface area contributed by atoms with E-state index in [9.17, 15) is 9.59 Å². The Morgan fingerprint density at radius 1 is 1.13 bits per heavy atom. The first kappa shape index (κ1) is 21.9. The van der Waals surface area contributed by atoms with Gasteiger partial charge in [-0.15, -0.1) is 0 Å². The summed E-state index contributed by atoms with van der Waals surface area (Å²) in [6, 6.07) is 6.67. The fraction of sp³-hybridized carbons (Fsp3) is 0.333. The highest BCUT2D eigenvalue weighted by atomic mass is 16.2. The van der Waals surface area contributed by atoms with E-state index in [-0.39, 0.29) is 23.5 Å². The van der Waals surface area contributed by atoms with Crippen LogP contribution in [0.5, 0.6) is 0 Å². The van der Waals surface area contributed by atoms with Crippen LogP contribution in [0.4, 0.5) is 17.5 Å². The number of Topliss-reactive ketones (excluding diaryl/α,β-unsaturated/α-hetero) is 1. The molecule has 0 saturated heterocycles. The summed E-state index contributed by atoms with van der Waals surface area (Å²) >= 11 is 0. The van der Waals surface area contributed by atoms with Crippen molar-refractivity contribution < 1.29 is 9.59 Å². The van der Waals surface area contributed by atoms with Gasteiger partial charge in [-0.25, -0.2) is 9.97 Å². The van der Waals surface area contributed by atoms with Gasteiger partial charge in [-0.05, 0) is 37.6 Å². The second-order valence-electron chi connectivity index (χ2n) is 7.33. The number of rotatable bonds is 8. The predicted octanol–water partition coefficient (Wildman–Crippen LogP) is 1.71. The van der Waals surface area contributed by atoms with Crippen molar-refractivity contribution in [2.24, 2.45) is 0 Å². The minimum absolute atomic E-state index is 0.0447. The number of amides is 1. The van der Waals surface area contributed by atoms with Crippen LogP contribution in [0.1, 0.15) is 42.7 Å². The van der Waals surface area contributed by atoms with Gasteiger partial charge in [-0.2, -0.15) is 9.97 Å². The number of ketones is 1. The van der Waals surface area contributed by atoms with Gasteiger partial charge in [0.2, 0.25) is 5.95 Å². The lowest BCUT2D eigenvalue weighted by atomic mass is 10.1. The molecule has 31 heavy (non-hydrogen) atoms. The molecule has 0 aliphatic heterocycles. The van der Waals surface area contributed by atoms with Crippen LogP contribution >= 0.6 is 0 Å². The molecule has 1 atom stereocenters. The van der Waals surface area contributed by atoms with E-state index in [1.165, 1.54) is 6.92 Å². The summed E-state index contributed by atoms with van der Waals surface area (Å²) in [6.45, 7) is 3.92. The van der Waals surface area contributed by atoms with Crippen LogP contribution in [-0.2, 0) is 11.3 Å². The molecule has 5 N–H and O–H groups in total. The average molecular weight is 422 g/mol. The monoisotopic (exact) mass is 422 g/mol. The molecule has 3 rings (SSSR count). The first-order chi connectivity index (χ1) is 14.8. The third-order valence-corrected chi connectivity index (χ3v) is 4.84. The largest absolute Gasteiger partial charge is 0.382 e. The quantitative estimate of drug-likeness (QED) is 0.492. The van der Waals surface area contributed by atoms with E-state index < -0.39 is 6.04 Å². The molecule has 3 aromatic rings. The topological polar surface area (TPSA) is 153 Å². The molecule has 10 nitrogen and oxygen atoms in total. The van der Waals surface area contributed by atoms with Crippen LogP contribution in [0.3, 0.4) is 0 Å². The van der Waals surface area contributed by atoms with E-state index in [2.05, 4.69) is 25.3 Å². The highest BCUT2D eigenvalue weighted by Crippen LogP contribution is 2.19. The normalized spacial score (nSPS) is 11.8. The molecule has 1 aromatic carbocycles. The van der Waals surface area contributed by atoms with Gasteiger partial charge in [-0.1, -0.05) is 13.3 Å². The minimum Gasteiger partial charge on any atom is -0.382 e. The van der Waals surface area contributed by atoms with Gasteiger partial charge >= 0.3 is 0 Å². The molecule has 0 bridgehead atoms. The van der Waals surface area contributed by atoms with E-state index in [0.29, 0.717) is 35.4 Å². The number of nitrogens with zero attached hydrogens (tertiary/aromatic N) is 5. The van der Waals surface area contributed by atoms with Gasteiger partial charge in [0.15, 0.2) is 22.8 Å². The number of aromatic nitrogens is 4. The molecule has 162 valence electrons. The Kier molecular flexibility index (Phi) is 6.58. The average Bonchev–Trinajstić information content (AvgIpc) is 2.73. The van der Waals surface area contributed by atoms with Crippen LogP contribution < -0.4 is 21.7 Å². The van der Waals surface area contributed by atoms with Crippen molar-refractivity contribution in [3.05, 3.63) is 41.7 Å². The molecule has 2 aromatic heterocycles. The summed E-state index contributed by atoms with van der Waals surface area (Å²) in [5, 5.41) is 2.80. The molecule has 0 saturated carbocycles. The minimum atomic E-state index is -0.460. The maximum Gasteiger partial charge on any atom is 0.251 e. The first-order valence-electron chi connectivity index (χ1n) is 9.95. The maximum absolute atomic E-state index is 12.5. The Hall–Kier alpha value is -3.82. The van der Waals surface area contributed by atoms with Gasteiger partial charge in [0.05, 0.1) is 24.5 Å². The van der Waals surface area contributed by atoms with Crippen LogP contribution in [-0.4, -0.2) is 44.7 Å². The molecule has 1 amide bonds. The highest BCUT2D eigenvalue weighted by molar-refractivity contribution is 5.97. The molecule has 0 fully saturated rings. The first-order valence-corrected chi connectivity index (χ1v) is 9.95. The second-order valence-corrected chi connectivity index (χ2v) is 7.33. The van der Waals surface area contributed by atoms with Crippen molar-refractivity contribution in [2.45, 2.75) is 39.3 Å². The summed E-state index contributed by atoms with van der Waals surface area (Å²) in [6.07, 6.45) is 3.05.